The maximum atomic E-state index is 6.20. The third-order valence-electron chi connectivity index (χ3n) is 2.91. The molecule has 0 radical (unpaired) electrons. The topological polar surface area (TPSA) is 21.7 Å². The lowest BCUT2D eigenvalue weighted by molar-refractivity contribution is 0.191. The zero-order chi connectivity index (χ0) is 14.1. The van der Waals surface area contributed by atoms with Crippen LogP contribution in [0.15, 0.2) is 18.2 Å². The lowest BCUT2D eigenvalue weighted by atomic mass is 10.1. The maximum Gasteiger partial charge on any atom is 0.0637 e. The molecule has 0 unspecified atom stereocenters. The Morgan fingerprint density at radius 3 is 2.47 bits per heavy atom. The Balaban J connectivity index is 2.85. The lowest BCUT2D eigenvalue weighted by Gasteiger charge is -2.27. The monoisotopic (exact) mass is 305 g/mol. The Labute approximate surface area is 125 Å². The zero-order valence-corrected chi connectivity index (χ0v) is 13.0. The van der Waals surface area contributed by atoms with E-state index in [1.165, 1.54) is 0 Å². The number of hydrogen-bond acceptors (Lipinski definition) is 3. The minimum atomic E-state index is 0.406. The van der Waals surface area contributed by atoms with Gasteiger partial charge in [-0.05, 0) is 18.6 Å². The van der Waals surface area contributed by atoms with E-state index in [0.717, 1.165) is 37.4 Å². The van der Waals surface area contributed by atoms with Gasteiger partial charge in [0.2, 0.25) is 0 Å². The number of nitrogens with zero attached hydrogens (tertiary/aromatic N) is 1. The summed E-state index contributed by atoms with van der Waals surface area (Å²) >= 11 is 12.2. The molecule has 0 saturated carbocycles. The first kappa shape index (κ1) is 16.6. The van der Waals surface area contributed by atoms with Crippen LogP contribution < -0.4 is 4.90 Å². The van der Waals surface area contributed by atoms with Gasteiger partial charge >= 0.3 is 0 Å². The van der Waals surface area contributed by atoms with Gasteiger partial charge < -0.3 is 14.4 Å². The van der Waals surface area contributed by atoms with Gasteiger partial charge in [0, 0.05) is 50.2 Å². The standard InChI is InChI=1S/C14H21Cl2NO2/c1-18-9-4-7-17(8-10-19-2)14-6-3-5-13(16)12(14)11-15/h3,5-6H,4,7-11H2,1-2H3. The third kappa shape index (κ3) is 5.19. The van der Waals surface area contributed by atoms with E-state index in [1.54, 1.807) is 14.2 Å². The summed E-state index contributed by atoms with van der Waals surface area (Å²) in [5, 5.41) is 0.710. The van der Waals surface area contributed by atoms with Gasteiger partial charge in [-0.25, -0.2) is 0 Å². The molecule has 3 nitrogen and oxygen atoms in total. The Kier molecular flexibility index (Phi) is 8.22. The third-order valence-corrected chi connectivity index (χ3v) is 3.53. The van der Waals surface area contributed by atoms with Crippen molar-refractivity contribution in [3.8, 4) is 0 Å². The van der Waals surface area contributed by atoms with Crippen LogP contribution in [0, 0.1) is 0 Å². The molecule has 0 aliphatic carbocycles. The highest BCUT2D eigenvalue weighted by Gasteiger charge is 2.13. The molecule has 108 valence electrons. The Hall–Kier alpha value is -0.480. The van der Waals surface area contributed by atoms with Gasteiger partial charge in [0.1, 0.15) is 0 Å². The molecule has 0 spiro atoms. The number of ether oxygens (including phenoxy) is 2. The lowest BCUT2D eigenvalue weighted by Crippen LogP contribution is -2.29. The largest absolute Gasteiger partial charge is 0.385 e. The molecule has 1 rings (SSSR count). The predicted octanol–water partition coefficient (Wildman–Crippen LogP) is 3.57. The maximum absolute atomic E-state index is 6.20. The fourth-order valence-electron chi connectivity index (χ4n) is 1.93. The van der Waals surface area contributed by atoms with Crippen LogP contribution in [0.2, 0.25) is 5.02 Å². The van der Waals surface area contributed by atoms with Crippen LogP contribution in [-0.4, -0.2) is 40.5 Å². The predicted molar refractivity (Wildman–Crippen MR) is 81.6 cm³/mol. The van der Waals surface area contributed by atoms with Gasteiger partial charge in [0.25, 0.3) is 0 Å². The Morgan fingerprint density at radius 1 is 1.11 bits per heavy atom. The van der Waals surface area contributed by atoms with Crippen molar-refractivity contribution >= 4 is 28.9 Å². The molecule has 19 heavy (non-hydrogen) atoms. The average Bonchev–Trinajstić information content (AvgIpc) is 2.42. The number of hydrogen-bond donors (Lipinski definition) is 0. The molecule has 1 aromatic carbocycles. The van der Waals surface area contributed by atoms with E-state index < -0.39 is 0 Å². The van der Waals surface area contributed by atoms with Crippen LogP contribution in [0.5, 0.6) is 0 Å². The van der Waals surface area contributed by atoms with Crippen LogP contribution in [0.4, 0.5) is 5.69 Å². The van der Waals surface area contributed by atoms with Crippen LogP contribution in [-0.2, 0) is 15.4 Å². The molecular weight excluding hydrogens is 285 g/mol. The fraction of sp³-hybridized carbons (Fsp3) is 0.571. The van der Waals surface area contributed by atoms with Gasteiger partial charge in [-0.3, -0.25) is 0 Å². The minimum absolute atomic E-state index is 0.406. The van der Waals surface area contributed by atoms with Crippen molar-refractivity contribution in [2.24, 2.45) is 0 Å². The van der Waals surface area contributed by atoms with Crippen molar-refractivity contribution in [2.75, 3.05) is 45.4 Å². The molecule has 1 aromatic rings. The molecule has 0 aromatic heterocycles. The van der Waals surface area contributed by atoms with Gasteiger partial charge in [-0.15, -0.1) is 11.6 Å². The molecule has 0 N–H and O–H groups in total. The van der Waals surface area contributed by atoms with Crippen molar-refractivity contribution in [1.82, 2.24) is 0 Å². The number of alkyl halides is 1. The normalized spacial score (nSPS) is 10.7. The number of rotatable bonds is 9. The SMILES string of the molecule is COCCCN(CCOC)c1cccc(Cl)c1CCl. The highest BCUT2D eigenvalue weighted by molar-refractivity contribution is 6.32. The van der Waals surface area contributed by atoms with E-state index in [9.17, 15) is 0 Å². The van der Waals surface area contributed by atoms with Gasteiger partial charge in [0.05, 0.1) is 12.5 Å². The summed E-state index contributed by atoms with van der Waals surface area (Å²) in [5.74, 6) is 0.406. The molecule has 0 aliphatic rings. The van der Waals surface area contributed by atoms with E-state index in [1.807, 2.05) is 18.2 Å². The fourth-order valence-corrected chi connectivity index (χ4v) is 2.52. The van der Waals surface area contributed by atoms with Crippen molar-refractivity contribution in [1.29, 1.82) is 0 Å². The minimum Gasteiger partial charge on any atom is -0.385 e. The van der Waals surface area contributed by atoms with Crippen LogP contribution in [0.3, 0.4) is 0 Å². The van der Waals surface area contributed by atoms with E-state index in [-0.39, 0.29) is 0 Å². The zero-order valence-electron chi connectivity index (χ0n) is 11.5. The summed E-state index contributed by atoms with van der Waals surface area (Å²) in [6.07, 6.45) is 0.953. The van der Waals surface area contributed by atoms with E-state index in [4.69, 9.17) is 32.7 Å². The summed E-state index contributed by atoms with van der Waals surface area (Å²) < 4.78 is 10.3. The van der Waals surface area contributed by atoms with Crippen molar-refractivity contribution < 1.29 is 9.47 Å². The molecule has 0 fully saturated rings. The molecule has 0 amide bonds. The van der Waals surface area contributed by atoms with E-state index in [2.05, 4.69) is 4.90 Å². The summed E-state index contributed by atoms with van der Waals surface area (Å²) in [6.45, 7) is 3.10. The van der Waals surface area contributed by atoms with Gasteiger partial charge in [-0.2, -0.15) is 0 Å². The molecule has 0 bridgehead atoms. The summed E-state index contributed by atoms with van der Waals surface area (Å²) in [4.78, 5) is 2.24. The second-order valence-corrected chi connectivity index (χ2v) is 4.87. The first-order valence-corrected chi connectivity index (χ1v) is 7.22. The van der Waals surface area contributed by atoms with Crippen LogP contribution in [0.25, 0.3) is 0 Å². The molecule has 0 aliphatic heterocycles. The molecule has 0 heterocycles. The van der Waals surface area contributed by atoms with E-state index >= 15 is 0 Å². The van der Waals surface area contributed by atoms with E-state index in [0.29, 0.717) is 17.5 Å². The summed E-state index contributed by atoms with van der Waals surface area (Å²) in [7, 11) is 3.41. The number of benzene rings is 1. The summed E-state index contributed by atoms with van der Waals surface area (Å²) in [5.41, 5.74) is 2.05. The second kappa shape index (κ2) is 9.43. The number of methoxy groups -OCH3 is 2. The molecule has 0 saturated heterocycles. The Morgan fingerprint density at radius 2 is 1.84 bits per heavy atom. The van der Waals surface area contributed by atoms with Crippen LogP contribution in [0.1, 0.15) is 12.0 Å². The van der Waals surface area contributed by atoms with Crippen molar-refractivity contribution in [2.45, 2.75) is 12.3 Å². The summed E-state index contributed by atoms with van der Waals surface area (Å²) in [6, 6.07) is 5.86. The Bertz CT molecular complexity index is 374. The quantitative estimate of drug-likeness (QED) is 0.514. The molecule has 5 heteroatoms. The number of halogens is 2. The van der Waals surface area contributed by atoms with Gasteiger partial charge in [-0.1, -0.05) is 17.7 Å². The van der Waals surface area contributed by atoms with Crippen molar-refractivity contribution in [3.05, 3.63) is 28.8 Å². The highest BCUT2D eigenvalue weighted by Crippen LogP contribution is 2.29. The van der Waals surface area contributed by atoms with Gasteiger partial charge in [0.15, 0.2) is 0 Å². The molecular formula is C14H21Cl2NO2. The van der Waals surface area contributed by atoms with Crippen molar-refractivity contribution in [3.63, 3.8) is 0 Å². The molecule has 0 atom stereocenters. The second-order valence-electron chi connectivity index (χ2n) is 4.20. The smallest absolute Gasteiger partial charge is 0.0637 e. The van der Waals surface area contributed by atoms with Crippen LogP contribution >= 0.6 is 23.2 Å². The average molecular weight is 306 g/mol. The first-order valence-electron chi connectivity index (χ1n) is 6.30. The highest BCUT2D eigenvalue weighted by atomic mass is 35.5. The first-order chi connectivity index (χ1) is 9.24. The number of anilines is 1.